The molecule has 5 heteroatoms. The maximum absolute atomic E-state index is 13.1. The van der Waals surface area contributed by atoms with E-state index >= 15 is 0 Å². The Hall–Kier alpha value is -2.95. The highest BCUT2D eigenvalue weighted by Crippen LogP contribution is 2.19. The normalized spacial score (nSPS) is 15.8. The monoisotopic (exact) mass is 360 g/mol. The van der Waals surface area contributed by atoms with Crippen molar-refractivity contribution in [3.8, 4) is 5.69 Å². The van der Waals surface area contributed by atoms with E-state index in [9.17, 15) is 4.79 Å². The summed E-state index contributed by atoms with van der Waals surface area (Å²) >= 11 is 0. The van der Waals surface area contributed by atoms with E-state index in [2.05, 4.69) is 5.10 Å². The van der Waals surface area contributed by atoms with Gasteiger partial charge in [-0.1, -0.05) is 37.5 Å². The van der Waals surface area contributed by atoms with E-state index in [0.29, 0.717) is 11.7 Å². The van der Waals surface area contributed by atoms with Crippen LogP contribution in [-0.4, -0.2) is 26.3 Å². The smallest absolute Gasteiger partial charge is 0.266 e. The van der Waals surface area contributed by atoms with Crippen LogP contribution in [0.5, 0.6) is 0 Å². The van der Waals surface area contributed by atoms with Gasteiger partial charge in [0.25, 0.3) is 5.91 Å². The third kappa shape index (κ3) is 3.92. The molecule has 0 amide bonds. The number of carbonyl (C=O) groups excluding carboxylic acids is 1. The Balaban J connectivity index is 1.68. The summed E-state index contributed by atoms with van der Waals surface area (Å²) < 4.78 is 3.35. The fourth-order valence-electron chi connectivity index (χ4n) is 3.54. The number of carbonyl (C=O) groups is 1. The van der Waals surface area contributed by atoms with E-state index in [-0.39, 0.29) is 5.91 Å². The highest BCUT2D eigenvalue weighted by molar-refractivity contribution is 5.93. The third-order valence-corrected chi connectivity index (χ3v) is 5.03. The van der Waals surface area contributed by atoms with Gasteiger partial charge in [0, 0.05) is 12.4 Å². The maximum Gasteiger partial charge on any atom is 0.284 e. The summed E-state index contributed by atoms with van der Waals surface area (Å²) in [6, 6.07) is 15.8. The van der Waals surface area contributed by atoms with Crippen LogP contribution in [0.2, 0.25) is 0 Å². The minimum absolute atomic E-state index is 0.153. The van der Waals surface area contributed by atoms with Gasteiger partial charge in [0.2, 0.25) is 0 Å². The molecule has 5 nitrogen and oxygen atoms in total. The van der Waals surface area contributed by atoms with Crippen molar-refractivity contribution in [3.05, 3.63) is 77.7 Å². The molecule has 27 heavy (non-hydrogen) atoms. The highest BCUT2D eigenvalue weighted by atomic mass is 16.2. The summed E-state index contributed by atoms with van der Waals surface area (Å²) in [6.45, 7) is 2.03. The number of aryl methyl sites for hydroxylation is 1. The molecular formula is C22H24N4O. The van der Waals surface area contributed by atoms with Crippen molar-refractivity contribution < 1.29 is 4.79 Å². The Morgan fingerprint density at radius 1 is 1.04 bits per heavy atom. The number of nitrogens with zero attached hydrogens (tertiary/aromatic N) is 4. The SMILES string of the molecule is Cc1ccn(C(=O)c2ccn(-c3ccccc3)n2)c(=NC2CCCCC2)c1. The molecule has 0 bridgehead atoms. The van der Waals surface area contributed by atoms with E-state index in [1.54, 1.807) is 21.5 Å². The Labute approximate surface area is 159 Å². The van der Waals surface area contributed by atoms with Crippen LogP contribution in [0.3, 0.4) is 0 Å². The van der Waals surface area contributed by atoms with E-state index in [1.807, 2.05) is 55.6 Å². The molecule has 2 heterocycles. The van der Waals surface area contributed by atoms with Crippen molar-refractivity contribution in [2.75, 3.05) is 0 Å². The summed E-state index contributed by atoms with van der Waals surface area (Å²) in [5.41, 5.74) is 3.16. The molecule has 3 aromatic rings. The van der Waals surface area contributed by atoms with Crippen LogP contribution >= 0.6 is 0 Å². The molecule has 0 radical (unpaired) electrons. The molecule has 0 unspecified atom stereocenters. The van der Waals surface area contributed by atoms with Gasteiger partial charge >= 0.3 is 0 Å². The molecule has 1 aliphatic rings. The zero-order valence-corrected chi connectivity index (χ0v) is 15.6. The largest absolute Gasteiger partial charge is 0.284 e. The molecule has 1 aliphatic carbocycles. The summed E-state index contributed by atoms with van der Waals surface area (Å²) in [5.74, 6) is -0.153. The number of para-hydroxylation sites is 1. The fourth-order valence-corrected chi connectivity index (χ4v) is 3.54. The molecule has 0 atom stereocenters. The minimum Gasteiger partial charge on any atom is -0.266 e. The highest BCUT2D eigenvalue weighted by Gasteiger charge is 2.16. The van der Waals surface area contributed by atoms with E-state index in [4.69, 9.17) is 4.99 Å². The first kappa shape index (κ1) is 17.5. The summed E-state index contributed by atoms with van der Waals surface area (Å²) in [5, 5.41) is 4.47. The predicted octanol–water partition coefficient (Wildman–Crippen LogP) is 3.90. The van der Waals surface area contributed by atoms with Crippen molar-refractivity contribution in [1.29, 1.82) is 0 Å². The first-order valence-electron chi connectivity index (χ1n) is 9.60. The van der Waals surface area contributed by atoms with Crippen LogP contribution < -0.4 is 5.49 Å². The number of benzene rings is 1. The van der Waals surface area contributed by atoms with Crippen LogP contribution in [-0.2, 0) is 0 Å². The molecular weight excluding hydrogens is 336 g/mol. The molecule has 4 rings (SSSR count). The van der Waals surface area contributed by atoms with Gasteiger partial charge in [-0.25, -0.2) is 4.68 Å². The molecule has 1 fully saturated rings. The summed E-state index contributed by atoms with van der Waals surface area (Å²) in [4.78, 5) is 18.0. The van der Waals surface area contributed by atoms with Crippen molar-refractivity contribution in [1.82, 2.24) is 14.3 Å². The number of rotatable bonds is 3. The zero-order chi connectivity index (χ0) is 18.6. The van der Waals surface area contributed by atoms with Gasteiger partial charge in [0.15, 0.2) is 5.69 Å². The van der Waals surface area contributed by atoms with Gasteiger partial charge in [0.05, 0.1) is 11.7 Å². The van der Waals surface area contributed by atoms with Gasteiger partial charge in [-0.05, 0) is 55.7 Å². The first-order valence-corrected chi connectivity index (χ1v) is 9.60. The van der Waals surface area contributed by atoms with Crippen molar-refractivity contribution in [2.45, 2.75) is 45.1 Å². The second-order valence-corrected chi connectivity index (χ2v) is 7.14. The van der Waals surface area contributed by atoms with Crippen LogP contribution in [0, 0.1) is 6.92 Å². The standard InChI is InChI=1S/C22H24N4O/c1-17-12-14-25(21(16-17)23-18-8-4-2-5-9-18)22(27)20-13-15-26(24-20)19-10-6-3-7-11-19/h3,6-7,10-16,18H,2,4-5,8-9H2,1H3. The average Bonchev–Trinajstić information content (AvgIpc) is 3.19. The number of aromatic nitrogens is 3. The molecule has 0 N–H and O–H groups in total. The molecule has 1 saturated carbocycles. The van der Waals surface area contributed by atoms with E-state index in [0.717, 1.165) is 29.6 Å². The van der Waals surface area contributed by atoms with Crippen LogP contribution in [0.4, 0.5) is 0 Å². The summed E-state index contributed by atoms with van der Waals surface area (Å²) in [7, 11) is 0. The zero-order valence-electron chi connectivity index (χ0n) is 15.6. The number of hydrogen-bond acceptors (Lipinski definition) is 3. The molecule has 1 aromatic carbocycles. The lowest BCUT2D eigenvalue weighted by molar-refractivity contribution is 0.0949. The van der Waals surface area contributed by atoms with Gasteiger partial charge in [-0.2, -0.15) is 5.10 Å². The lowest BCUT2D eigenvalue weighted by Crippen LogP contribution is -2.30. The summed E-state index contributed by atoms with van der Waals surface area (Å²) in [6.07, 6.45) is 9.55. The predicted molar refractivity (Wildman–Crippen MR) is 105 cm³/mol. The average molecular weight is 360 g/mol. The Morgan fingerprint density at radius 3 is 2.59 bits per heavy atom. The Kier molecular flexibility index (Phi) is 5.01. The maximum atomic E-state index is 13.1. The van der Waals surface area contributed by atoms with Gasteiger partial charge in [0.1, 0.15) is 5.49 Å². The Morgan fingerprint density at radius 2 is 1.81 bits per heavy atom. The van der Waals surface area contributed by atoms with Crippen molar-refractivity contribution in [2.24, 2.45) is 4.99 Å². The van der Waals surface area contributed by atoms with E-state index in [1.165, 1.54) is 19.3 Å². The van der Waals surface area contributed by atoms with Gasteiger partial charge < -0.3 is 0 Å². The Bertz CT molecular complexity index is 994. The molecule has 138 valence electrons. The van der Waals surface area contributed by atoms with Crippen LogP contribution in [0.1, 0.15) is 48.2 Å². The van der Waals surface area contributed by atoms with E-state index < -0.39 is 0 Å². The first-order chi connectivity index (χ1) is 13.2. The second-order valence-electron chi connectivity index (χ2n) is 7.14. The quantitative estimate of drug-likeness (QED) is 0.711. The van der Waals surface area contributed by atoms with Crippen LogP contribution in [0.25, 0.3) is 5.69 Å². The topological polar surface area (TPSA) is 52.2 Å². The molecule has 0 saturated heterocycles. The molecule has 0 aliphatic heterocycles. The van der Waals surface area contributed by atoms with Crippen molar-refractivity contribution >= 4 is 5.91 Å². The lowest BCUT2D eigenvalue weighted by Gasteiger charge is -2.17. The molecule has 2 aromatic heterocycles. The van der Waals surface area contributed by atoms with Crippen LogP contribution in [0.15, 0.2) is 65.9 Å². The third-order valence-electron chi connectivity index (χ3n) is 5.03. The molecule has 0 spiro atoms. The van der Waals surface area contributed by atoms with Gasteiger partial charge in [-0.3, -0.25) is 14.4 Å². The number of hydrogen-bond donors (Lipinski definition) is 0. The van der Waals surface area contributed by atoms with Crippen molar-refractivity contribution in [3.63, 3.8) is 0 Å². The lowest BCUT2D eigenvalue weighted by atomic mass is 9.96. The second kappa shape index (κ2) is 7.74. The fraction of sp³-hybridized carbons (Fsp3) is 0.318. The van der Waals surface area contributed by atoms with Gasteiger partial charge in [-0.15, -0.1) is 0 Å². The number of pyridine rings is 1. The minimum atomic E-state index is -0.153.